The first-order valence-electron chi connectivity index (χ1n) is 12.1. The van der Waals surface area contributed by atoms with E-state index >= 15 is 0 Å². The summed E-state index contributed by atoms with van der Waals surface area (Å²) in [7, 11) is 0. The summed E-state index contributed by atoms with van der Waals surface area (Å²) in [6.07, 6.45) is 5.87. The Balaban J connectivity index is 1.25. The monoisotopic (exact) mass is 547 g/mol. The molecule has 0 unspecified atom stereocenters. The Morgan fingerprint density at radius 1 is 0.949 bits per heavy atom. The molecule has 5 aromatic rings. The Kier molecular flexibility index (Phi) is 7.60. The average Bonchev–Trinajstić information content (AvgIpc) is 3.55. The van der Waals surface area contributed by atoms with Crippen LogP contribution in [0.3, 0.4) is 0 Å². The van der Waals surface area contributed by atoms with Crippen LogP contribution < -0.4 is 15.4 Å². The first-order chi connectivity index (χ1) is 18.9. The summed E-state index contributed by atoms with van der Waals surface area (Å²) in [4.78, 5) is 34.1. The molecule has 3 aromatic heterocycles. The number of thiophene rings is 1. The van der Waals surface area contributed by atoms with Crippen molar-refractivity contribution in [2.45, 2.75) is 26.3 Å². The fourth-order valence-electron chi connectivity index (χ4n) is 3.86. The maximum Gasteiger partial charge on any atom is 0.233 e. The highest BCUT2D eigenvalue weighted by Gasteiger charge is 2.16. The predicted octanol–water partition coefficient (Wildman–Crippen LogP) is 6.61. The van der Waals surface area contributed by atoms with Gasteiger partial charge in [-0.25, -0.2) is 13.8 Å². The second-order valence-electron chi connectivity index (χ2n) is 8.66. The van der Waals surface area contributed by atoms with E-state index in [1.165, 1.54) is 47.7 Å². The Labute approximate surface area is 226 Å². The fraction of sp³-hybridized carbons (Fsp3) is 0.143. The average molecular weight is 548 g/mol. The molecule has 0 aliphatic carbocycles. The minimum atomic E-state index is -0.691. The number of rotatable bonds is 9. The summed E-state index contributed by atoms with van der Waals surface area (Å²) < 4.78 is 36.6. The number of anilines is 2. The Morgan fingerprint density at radius 3 is 2.44 bits per heavy atom. The molecule has 2 aromatic carbocycles. The van der Waals surface area contributed by atoms with Crippen molar-refractivity contribution >= 4 is 44.7 Å². The van der Waals surface area contributed by atoms with Gasteiger partial charge in [0, 0.05) is 42.4 Å². The lowest BCUT2D eigenvalue weighted by Gasteiger charge is -2.10. The first kappa shape index (κ1) is 26.0. The van der Waals surface area contributed by atoms with E-state index in [4.69, 9.17) is 4.74 Å². The lowest BCUT2D eigenvalue weighted by Crippen LogP contribution is -2.21. The van der Waals surface area contributed by atoms with Crippen molar-refractivity contribution in [2.75, 3.05) is 10.6 Å². The zero-order chi connectivity index (χ0) is 27.4. The standard InChI is InChI=1S/C28H23F2N5O3S/c1-2-11-35-15-22(32-16-35)25-13-21-28(39-25)24(9-10-31-21)38-23-8-7-19(12-20(23)30)34-27(37)14-26(36)33-18-5-3-17(29)4-6-18/h3-10,12-13,15-16H,2,11,14H2,1H3,(H,33,36)(H,34,37). The van der Waals surface area contributed by atoms with Crippen LogP contribution in [0.2, 0.25) is 0 Å². The molecule has 198 valence electrons. The number of pyridine rings is 1. The van der Waals surface area contributed by atoms with E-state index in [1.807, 2.05) is 16.8 Å². The number of amides is 2. The van der Waals surface area contributed by atoms with Gasteiger partial charge in [0.15, 0.2) is 11.6 Å². The highest BCUT2D eigenvalue weighted by Crippen LogP contribution is 2.39. The second kappa shape index (κ2) is 11.4. The van der Waals surface area contributed by atoms with Crippen LogP contribution >= 0.6 is 11.3 Å². The molecule has 5 rings (SSSR count). The minimum Gasteiger partial charge on any atom is -0.453 e. The summed E-state index contributed by atoms with van der Waals surface area (Å²) >= 11 is 1.45. The van der Waals surface area contributed by atoms with Gasteiger partial charge >= 0.3 is 0 Å². The number of halogens is 2. The molecule has 0 saturated heterocycles. The number of nitrogens with zero attached hydrogens (tertiary/aromatic N) is 3. The van der Waals surface area contributed by atoms with Gasteiger partial charge in [0.25, 0.3) is 0 Å². The summed E-state index contributed by atoms with van der Waals surface area (Å²) in [6, 6.07) is 12.7. The Morgan fingerprint density at radius 2 is 1.69 bits per heavy atom. The molecule has 0 aliphatic heterocycles. The summed E-state index contributed by atoms with van der Waals surface area (Å²) in [6.45, 7) is 2.98. The van der Waals surface area contributed by atoms with Crippen molar-refractivity contribution in [3.05, 3.63) is 85.0 Å². The zero-order valence-electron chi connectivity index (χ0n) is 20.8. The van der Waals surface area contributed by atoms with Gasteiger partial charge < -0.3 is 19.9 Å². The lowest BCUT2D eigenvalue weighted by molar-refractivity contribution is -0.123. The van der Waals surface area contributed by atoms with Gasteiger partial charge in [-0.15, -0.1) is 11.3 Å². The van der Waals surface area contributed by atoms with Crippen molar-refractivity contribution in [1.29, 1.82) is 0 Å². The molecule has 39 heavy (non-hydrogen) atoms. The molecule has 0 fully saturated rings. The third-order valence-corrected chi connectivity index (χ3v) is 6.79. The van der Waals surface area contributed by atoms with Crippen molar-refractivity contribution in [3.8, 4) is 22.1 Å². The summed E-state index contributed by atoms with van der Waals surface area (Å²) in [5.41, 5.74) is 2.06. The fourth-order valence-corrected chi connectivity index (χ4v) is 4.89. The molecular formula is C28H23F2N5O3S. The molecule has 0 atom stereocenters. The number of imidazole rings is 1. The molecule has 8 nitrogen and oxygen atoms in total. The number of ether oxygens (including phenoxy) is 1. The van der Waals surface area contributed by atoms with E-state index in [9.17, 15) is 18.4 Å². The van der Waals surface area contributed by atoms with E-state index in [1.54, 1.807) is 18.6 Å². The molecule has 3 heterocycles. The number of aromatic nitrogens is 3. The van der Waals surface area contributed by atoms with Crippen LogP contribution in [-0.2, 0) is 16.1 Å². The third-order valence-electron chi connectivity index (χ3n) is 5.63. The molecule has 0 bridgehead atoms. The van der Waals surface area contributed by atoms with E-state index in [-0.39, 0.29) is 11.4 Å². The maximum atomic E-state index is 14.9. The van der Waals surface area contributed by atoms with E-state index in [2.05, 4.69) is 27.5 Å². The highest BCUT2D eigenvalue weighted by atomic mass is 32.1. The van der Waals surface area contributed by atoms with Gasteiger partial charge in [-0.05, 0) is 48.9 Å². The van der Waals surface area contributed by atoms with Crippen molar-refractivity contribution in [2.24, 2.45) is 0 Å². The van der Waals surface area contributed by atoms with Crippen LogP contribution in [0.25, 0.3) is 20.8 Å². The normalized spacial score (nSPS) is 10.9. The van der Waals surface area contributed by atoms with Gasteiger partial charge in [-0.2, -0.15) is 0 Å². The highest BCUT2D eigenvalue weighted by molar-refractivity contribution is 7.22. The number of fused-ring (bicyclic) bond motifs is 1. The number of aryl methyl sites for hydroxylation is 1. The number of carbonyl (C=O) groups is 2. The summed E-state index contributed by atoms with van der Waals surface area (Å²) in [5.74, 6) is -1.94. The van der Waals surface area contributed by atoms with Crippen LogP contribution in [0.5, 0.6) is 11.5 Å². The lowest BCUT2D eigenvalue weighted by atomic mass is 10.2. The van der Waals surface area contributed by atoms with Crippen molar-refractivity contribution in [1.82, 2.24) is 14.5 Å². The van der Waals surface area contributed by atoms with Gasteiger partial charge in [0.1, 0.15) is 18.0 Å². The number of nitrogens with one attached hydrogen (secondary N) is 2. The predicted molar refractivity (Wildman–Crippen MR) is 146 cm³/mol. The second-order valence-corrected chi connectivity index (χ2v) is 9.71. The van der Waals surface area contributed by atoms with Gasteiger partial charge in [0.2, 0.25) is 11.8 Å². The first-order valence-corrected chi connectivity index (χ1v) is 12.9. The van der Waals surface area contributed by atoms with Gasteiger partial charge in [0.05, 0.1) is 27.1 Å². The Bertz CT molecular complexity index is 1650. The van der Waals surface area contributed by atoms with Crippen LogP contribution in [0.15, 0.2) is 73.3 Å². The zero-order valence-corrected chi connectivity index (χ0v) is 21.6. The van der Waals surface area contributed by atoms with Crippen molar-refractivity contribution < 1.29 is 23.1 Å². The SMILES string of the molecule is CCCn1cnc(-c2cc3nccc(Oc4ccc(NC(=O)CC(=O)Nc5ccc(F)cc5)cc4F)c3s2)c1. The number of benzene rings is 2. The number of hydrogen-bond acceptors (Lipinski definition) is 6. The molecule has 11 heteroatoms. The van der Waals surface area contributed by atoms with Gasteiger partial charge in [-0.1, -0.05) is 6.92 Å². The largest absolute Gasteiger partial charge is 0.453 e. The van der Waals surface area contributed by atoms with Gasteiger partial charge in [-0.3, -0.25) is 14.6 Å². The molecule has 0 saturated carbocycles. The van der Waals surface area contributed by atoms with E-state index in [0.717, 1.165) is 34.3 Å². The van der Waals surface area contributed by atoms with Crippen molar-refractivity contribution in [3.63, 3.8) is 0 Å². The topological polar surface area (TPSA) is 98.1 Å². The van der Waals surface area contributed by atoms with Crippen LogP contribution in [0.4, 0.5) is 20.2 Å². The van der Waals surface area contributed by atoms with E-state index < -0.39 is 29.9 Å². The molecule has 0 aliphatic rings. The molecule has 2 N–H and O–H groups in total. The van der Waals surface area contributed by atoms with Crippen LogP contribution in [-0.4, -0.2) is 26.3 Å². The molecule has 0 radical (unpaired) electrons. The Hall–Kier alpha value is -4.64. The smallest absolute Gasteiger partial charge is 0.233 e. The number of carbonyl (C=O) groups excluding carboxylic acids is 2. The molecule has 2 amide bonds. The molecular weight excluding hydrogens is 524 g/mol. The molecule has 0 spiro atoms. The van der Waals surface area contributed by atoms with Crippen LogP contribution in [0, 0.1) is 11.6 Å². The minimum absolute atomic E-state index is 0.0308. The van der Waals surface area contributed by atoms with E-state index in [0.29, 0.717) is 17.0 Å². The summed E-state index contributed by atoms with van der Waals surface area (Å²) in [5, 5.41) is 4.99. The third kappa shape index (κ3) is 6.27. The number of hydrogen-bond donors (Lipinski definition) is 2. The maximum absolute atomic E-state index is 14.9. The van der Waals surface area contributed by atoms with Crippen LogP contribution in [0.1, 0.15) is 19.8 Å². The quantitative estimate of drug-likeness (QED) is 0.203.